The Morgan fingerprint density at radius 3 is 2.62 bits per heavy atom. The Morgan fingerprint density at radius 2 is 2.00 bits per heavy atom. The first-order valence-electron chi connectivity index (χ1n) is 8.47. The van der Waals surface area contributed by atoms with Crippen molar-refractivity contribution in [2.75, 3.05) is 13.1 Å². The molecule has 1 aliphatic carbocycles. The topological polar surface area (TPSA) is 79.2 Å². The molecule has 126 valence electrons. The van der Waals surface area contributed by atoms with Crippen LogP contribution < -0.4 is 5.76 Å². The lowest BCUT2D eigenvalue weighted by molar-refractivity contribution is -0.137. The highest BCUT2D eigenvalue weighted by Gasteiger charge is 2.57. The van der Waals surface area contributed by atoms with Crippen molar-refractivity contribution in [2.45, 2.75) is 38.0 Å². The number of piperidine rings is 1. The van der Waals surface area contributed by atoms with Crippen molar-refractivity contribution in [3.63, 3.8) is 0 Å². The number of aromatic nitrogens is 2. The van der Waals surface area contributed by atoms with E-state index in [9.17, 15) is 9.59 Å². The molecule has 0 spiro atoms. The predicted octanol–water partition coefficient (Wildman–Crippen LogP) is 2.26. The summed E-state index contributed by atoms with van der Waals surface area (Å²) in [5.41, 5.74) is 0.981. The summed E-state index contributed by atoms with van der Waals surface area (Å²) in [7, 11) is 0. The van der Waals surface area contributed by atoms with Gasteiger partial charge >= 0.3 is 5.76 Å². The van der Waals surface area contributed by atoms with Crippen molar-refractivity contribution in [1.29, 1.82) is 0 Å². The number of hydrogen-bond donors (Lipinski definition) is 1. The van der Waals surface area contributed by atoms with Gasteiger partial charge in [-0.05, 0) is 30.7 Å². The zero-order valence-corrected chi connectivity index (χ0v) is 13.7. The largest absolute Gasteiger partial charge is 0.434 e. The van der Waals surface area contributed by atoms with Crippen LogP contribution in [0.1, 0.15) is 49.5 Å². The van der Waals surface area contributed by atoms with Gasteiger partial charge in [0.05, 0.1) is 5.41 Å². The van der Waals surface area contributed by atoms with Gasteiger partial charge in [0.1, 0.15) is 0 Å². The van der Waals surface area contributed by atoms with Gasteiger partial charge in [0.15, 0.2) is 0 Å². The minimum atomic E-state index is -0.514. The van der Waals surface area contributed by atoms with Gasteiger partial charge in [-0.3, -0.25) is 4.79 Å². The number of likely N-dealkylation sites (tertiary alicyclic amines) is 1. The number of H-pyrrole nitrogens is 1. The van der Waals surface area contributed by atoms with Crippen molar-refractivity contribution in [1.82, 2.24) is 15.1 Å². The van der Waals surface area contributed by atoms with E-state index >= 15 is 0 Å². The second-order valence-corrected chi connectivity index (χ2v) is 7.10. The molecule has 2 fully saturated rings. The Balaban J connectivity index is 1.39. The van der Waals surface area contributed by atoms with Crippen molar-refractivity contribution < 1.29 is 9.21 Å². The number of hydrogen-bond acceptors (Lipinski definition) is 4. The monoisotopic (exact) mass is 327 g/mol. The molecule has 1 amide bonds. The van der Waals surface area contributed by atoms with Crippen LogP contribution in [0.2, 0.25) is 0 Å². The third kappa shape index (κ3) is 2.56. The number of nitrogens with one attached hydrogen (secondary N) is 1. The third-order valence-electron chi connectivity index (χ3n) is 5.51. The number of rotatable bonds is 3. The molecule has 1 aromatic carbocycles. The van der Waals surface area contributed by atoms with Crippen LogP contribution in [0.25, 0.3) is 0 Å². The standard InChI is InChI=1S/C18H21N3O3/c1-18(11-14(18)12-5-3-2-4-6-12)16(22)21-9-7-13(8-10-21)15-19-20-17(23)24-15/h2-6,13-14H,7-11H2,1H3,(H,20,23)/t14-,18+/m1/s1. The van der Waals surface area contributed by atoms with Crippen LogP contribution in [-0.4, -0.2) is 34.1 Å². The van der Waals surface area contributed by atoms with E-state index in [1.165, 1.54) is 5.56 Å². The lowest BCUT2D eigenvalue weighted by atomic mass is 9.94. The van der Waals surface area contributed by atoms with E-state index in [0.717, 1.165) is 19.3 Å². The van der Waals surface area contributed by atoms with E-state index in [1.54, 1.807) is 0 Å². The first-order chi connectivity index (χ1) is 11.6. The molecule has 1 saturated carbocycles. The van der Waals surface area contributed by atoms with E-state index in [2.05, 4.69) is 29.3 Å². The van der Waals surface area contributed by atoms with Gasteiger partial charge in [0.2, 0.25) is 11.8 Å². The fourth-order valence-electron chi connectivity index (χ4n) is 3.88. The minimum Gasteiger partial charge on any atom is -0.392 e. The summed E-state index contributed by atoms with van der Waals surface area (Å²) in [4.78, 5) is 26.0. The molecule has 2 atom stereocenters. The Labute approximate surface area is 139 Å². The normalized spacial score (nSPS) is 27.2. The van der Waals surface area contributed by atoms with Crippen LogP contribution in [0.3, 0.4) is 0 Å². The third-order valence-corrected chi connectivity index (χ3v) is 5.51. The Hall–Kier alpha value is -2.37. The lowest BCUT2D eigenvalue weighted by Gasteiger charge is -2.32. The van der Waals surface area contributed by atoms with Gasteiger partial charge in [0.25, 0.3) is 0 Å². The summed E-state index contributed by atoms with van der Waals surface area (Å²) >= 11 is 0. The number of nitrogens with zero attached hydrogens (tertiary/aromatic N) is 2. The van der Waals surface area contributed by atoms with Gasteiger partial charge in [-0.25, -0.2) is 9.89 Å². The quantitative estimate of drug-likeness (QED) is 0.938. The molecule has 1 aliphatic heterocycles. The molecule has 6 nitrogen and oxygen atoms in total. The molecule has 0 radical (unpaired) electrons. The molecular weight excluding hydrogens is 306 g/mol. The highest BCUT2D eigenvalue weighted by molar-refractivity contribution is 5.87. The van der Waals surface area contributed by atoms with Crippen LogP contribution in [0, 0.1) is 5.41 Å². The van der Waals surface area contributed by atoms with Gasteiger partial charge in [-0.15, -0.1) is 5.10 Å². The summed E-state index contributed by atoms with van der Waals surface area (Å²) in [6.45, 7) is 3.46. The number of carbonyl (C=O) groups excluding carboxylic acids is 1. The van der Waals surface area contributed by atoms with E-state index < -0.39 is 5.76 Å². The Morgan fingerprint density at radius 1 is 1.29 bits per heavy atom. The van der Waals surface area contributed by atoms with Crippen LogP contribution >= 0.6 is 0 Å². The number of aromatic amines is 1. The molecule has 4 rings (SSSR count). The molecule has 1 saturated heterocycles. The number of carbonyl (C=O) groups is 1. The zero-order chi connectivity index (χ0) is 16.7. The maximum atomic E-state index is 12.9. The first-order valence-corrected chi connectivity index (χ1v) is 8.47. The predicted molar refractivity (Wildman–Crippen MR) is 87.6 cm³/mol. The Kier molecular flexibility index (Phi) is 3.55. The van der Waals surface area contributed by atoms with Crippen molar-refractivity contribution in [2.24, 2.45) is 5.41 Å². The van der Waals surface area contributed by atoms with Crippen molar-refractivity contribution >= 4 is 5.91 Å². The maximum absolute atomic E-state index is 12.9. The maximum Gasteiger partial charge on any atom is 0.434 e. The lowest BCUT2D eigenvalue weighted by Crippen LogP contribution is -2.42. The highest BCUT2D eigenvalue weighted by Crippen LogP contribution is 2.60. The van der Waals surface area contributed by atoms with E-state index in [-0.39, 0.29) is 17.2 Å². The van der Waals surface area contributed by atoms with Crippen LogP contribution in [0.5, 0.6) is 0 Å². The zero-order valence-electron chi connectivity index (χ0n) is 13.7. The smallest absolute Gasteiger partial charge is 0.392 e. The van der Waals surface area contributed by atoms with Crippen LogP contribution in [-0.2, 0) is 4.79 Å². The molecule has 2 aliphatic rings. The van der Waals surface area contributed by atoms with E-state index in [0.29, 0.717) is 24.9 Å². The second kappa shape index (κ2) is 5.61. The number of benzene rings is 1. The average molecular weight is 327 g/mol. The fraction of sp³-hybridized carbons (Fsp3) is 0.500. The van der Waals surface area contributed by atoms with Crippen molar-refractivity contribution in [3.05, 3.63) is 52.3 Å². The molecule has 2 aromatic rings. The molecule has 1 N–H and O–H groups in total. The van der Waals surface area contributed by atoms with Crippen molar-refractivity contribution in [3.8, 4) is 0 Å². The summed E-state index contributed by atoms with van der Waals surface area (Å²) in [6, 6.07) is 10.3. The van der Waals surface area contributed by atoms with Crippen LogP contribution in [0.4, 0.5) is 0 Å². The summed E-state index contributed by atoms with van der Waals surface area (Å²) < 4.78 is 5.05. The minimum absolute atomic E-state index is 0.116. The van der Waals surface area contributed by atoms with Gasteiger partial charge in [-0.1, -0.05) is 37.3 Å². The number of amides is 1. The van der Waals surface area contributed by atoms with Crippen LogP contribution in [0.15, 0.2) is 39.5 Å². The molecule has 24 heavy (non-hydrogen) atoms. The molecule has 1 aromatic heterocycles. The molecule has 0 bridgehead atoms. The molecule has 0 unspecified atom stereocenters. The SMILES string of the molecule is C[C@]1(C(=O)N2CCC(c3n[nH]c(=O)o3)CC2)C[C@@H]1c1ccccc1. The summed E-state index contributed by atoms with van der Waals surface area (Å²) in [6.07, 6.45) is 2.49. The fourth-order valence-corrected chi connectivity index (χ4v) is 3.88. The van der Waals surface area contributed by atoms with E-state index in [1.807, 2.05) is 23.1 Å². The van der Waals surface area contributed by atoms with Gasteiger partial charge in [0, 0.05) is 19.0 Å². The first kappa shape index (κ1) is 15.2. The van der Waals surface area contributed by atoms with E-state index in [4.69, 9.17) is 4.42 Å². The average Bonchev–Trinajstić information content (AvgIpc) is 3.13. The molecule has 2 heterocycles. The molecular formula is C18H21N3O3. The van der Waals surface area contributed by atoms with Gasteiger partial charge < -0.3 is 9.32 Å². The summed E-state index contributed by atoms with van der Waals surface area (Å²) in [5, 5.41) is 6.22. The summed E-state index contributed by atoms with van der Waals surface area (Å²) in [5.74, 6) is 0.642. The van der Waals surface area contributed by atoms with Gasteiger partial charge in [-0.2, -0.15) is 0 Å². The highest BCUT2D eigenvalue weighted by atomic mass is 16.4. The Bertz CT molecular complexity index is 789. The molecule has 6 heteroatoms. The second-order valence-electron chi connectivity index (χ2n) is 7.10.